The van der Waals surface area contributed by atoms with Crippen LogP contribution in [0.4, 0.5) is 0 Å². The van der Waals surface area contributed by atoms with Crippen molar-refractivity contribution in [2.75, 3.05) is 6.61 Å². The zero-order valence-electron chi connectivity index (χ0n) is 10.9. The first kappa shape index (κ1) is 13.9. The summed E-state index contributed by atoms with van der Waals surface area (Å²) >= 11 is 3.42. The smallest absolute Gasteiger partial charge is 0.120 e. The minimum absolute atomic E-state index is 0.572. The lowest BCUT2D eigenvalue weighted by Crippen LogP contribution is -1.96. The molecule has 0 radical (unpaired) electrons. The Morgan fingerprint density at radius 1 is 0.842 bits per heavy atom. The Labute approximate surface area is 122 Å². The predicted molar refractivity (Wildman–Crippen MR) is 80.7 cm³/mol. The van der Waals surface area contributed by atoms with Gasteiger partial charge in [-0.3, -0.25) is 0 Å². The highest BCUT2D eigenvalue weighted by molar-refractivity contribution is 9.10. The van der Waals surface area contributed by atoms with Crippen LogP contribution in [0.1, 0.15) is 18.9 Å². The monoisotopic (exact) mass is 320 g/mol. The number of hydrogen-bond acceptors (Lipinski definition) is 2. The molecule has 100 valence electrons. The quantitative estimate of drug-likeness (QED) is 0.759. The van der Waals surface area contributed by atoms with Gasteiger partial charge in [0.25, 0.3) is 0 Å². The number of halogens is 1. The summed E-state index contributed by atoms with van der Waals surface area (Å²) in [6.07, 6.45) is 1.02. The molecule has 2 nitrogen and oxygen atoms in total. The summed E-state index contributed by atoms with van der Waals surface area (Å²) in [6, 6.07) is 15.9. The van der Waals surface area contributed by atoms with E-state index in [9.17, 15) is 0 Å². The molecule has 0 spiro atoms. The van der Waals surface area contributed by atoms with Crippen LogP contribution in [0.5, 0.6) is 11.5 Å². The predicted octanol–water partition coefficient (Wildman–Crippen LogP) is 4.82. The van der Waals surface area contributed by atoms with E-state index in [4.69, 9.17) is 9.47 Å². The molecule has 0 saturated carbocycles. The molecule has 0 saturated heterocycles. The molecule has 19 heavy (non-hydrogen) atoms. The molecular weight excluding hydrogens is 304 g/mol. The van der Waals surface area contributed by atoms with Crippen molar-refractivity contribution in [3.63, 3.8) is 0 Å². The Kier molecular flexibility index (Phi) is 5.28. The van der Waals surface area contributed by atoms with Crippen LogP contribution in [0.15, 0.2) is 53.0 Å². The van der Waals surface area contributed by atoms with Gasteiger partial charge in [0, 0.05) is 4.47 Å². The lowest BCUT2D eigenvalue weighted by molar-refractivity contribution is 0.301. The molecule has 0 aliphatic heterocycles. The van der Waals surface area contributed by atoms with Gasteiger partial charge < -0.3 is 9.47 Å². The van der Waals surface area contributed by atoms with Crippen LogP contribution in [0.2, 0.25) is 0 Å². The molecule has 3 heteroatoms. The third-order valence-corrected chi connectivity index (χ3v) is 3.14. The van der Waals surface area contributed by atoms with Crippen molar-refractivity contribution in [1.82, 2.24) is 0 Å². The highest BCUT2D eigenvalue weighted by Gasteiger charge is 1.98. The number of rotatable bonds is 6. The van der Waals surface area contributed by atoms with Crippen LogP contribution in [0, 0.1) is 0 Å². The molecule has 2 aromatic rings. The summed E-state index contributed by atoms with van der Waals surface area (Å²) in [5, 5.41) is 0. The van der Waals surface area contributed by atoms with Gasteiger partial charge in [-0.1, -0.05) is 35.0 Å². The Hall–Kier alpha value is -1.48. The highest BCUT2D eigenvalue weighted by atomic mass is 79.9. The third kappa shape index (κ3) is 4.60. The largest absolute Gasteiger partial charge is 0.494 e. The van der Waals surface area contributed by atoms with Crippen molar-refractivity contribution in [2.24, 2.45) is 0 Å². The second-order valence-electron chi connectivity index (χ2n) is 4.24. The molecule has 0 fully saturated rings. The third-order valence-electron chi connectivity index (χ3n) is 2.62. The van der Waals surface area contributed by atoms with Crippen LogP contribution < -0.4 is 9.47 Å². The molecule has 0 amide bonds. The van der Waals surface area contributed by atoms with E-state index >= 15 is 0 Å². The van der Waals surface area contributed by atoms with E-state index in [1.54, 1.807) is 0 Å². The molecule has 0 N–H and O–H groups in total. The molecule has 0 bridgehead atoms. The number of benzene rings is 2. The molecular formula is C16H17BrO2. The fraction of sp³-hybridized carbons (Fsp3) is 0.250. The average molecular weight is 321 g/mol. The normalized spacial score (nSPS) is 10.2. The van der Waals surface area contributed by atoms with Gasteiger partial charge in [0.05, 0.1) is 6.61 Å². The molecule has 0 unspecified atom stereocenters. The zero-order valence-corrected chi connectivity index (χ0v) is 12.5. The summed E-state index contributed by atoms with van der Waals surface area (Å²) in [5.41, 5.74) is 1.15. The summed E-state index contributed by atoms with van der Waals surface area (Å²) < 4.78 is 12.3. The van der Waals surface area contributed by atoms with Crippen LogP contribution in [0.3, 0.4) is 0 Å². The first-order chi connectivity index (χ1) is 9.28. The topological polar surface area (TPSA) is 18.5 Å². The molecule has 0 aromatic heterocycles. The summed E-state index contributed by atoms with van der Waals surface area (Å²) in [4.78, 5) is 0. The first-order valence-corrected chi connectivity index (χ1v) is 7.17. The Bertz CT molecular complexity index is 491. The van der Waals surface area contributed by atoms with Gasteiger partial charge >= 0.3 is 0 Å². The highest BCUT2D eigenvalue weighted by Crippen LogP contribution is 2.19. The Morgan fingerprint density at radius 3 is 2.00 bits per heavy atom. The SMILES string of the molecule is CCCOc1ccc(OCc2ccc(Br)cc2)cc1. The standard InChI is InChI=1S/C16H17BrO2/c1-2-11-18-15-7-9-16(10-8-15)19-12-13-3-5-14(17)6-4-13/h3-10H,2,11-12H2,1H3. The summed E-state index contributed by atoms with van der Waals surface area (Å²) in [7, 11) is 0. The van der Waals surface area contributed by atoms with E-state index in [2.05, 4.69) is 22.9 Å². The van der Waals surface area contributed by atoms with E-state index in [0.717, 1.165) is 34.6 Å². The summed E-state index contributed by atoms with van der Waals surface area (Å²) in [5.74, 6) is 1.74. The zero-order chi connectivity index (χ0) is 13.5. The van der Waals surface area contributed by atoms with Crippen LogP contribution in [-0.4, -0.2) is 6.61 Å². The van der Waals surface area contributed by atoms with Crippen molar-refractivity contribution in [3.8, 4) is 11.5 Å². The Balaban J connectivity index is 1.87. The van der Waals surface area contributed by atoms with E-state index in [1.807, 2.05) is 48.5 Å². The van der Waals surface area contributed by atoms with Crippen molar-refractivity contribution in [3.05, 3.63) is 58.6 Å². The van der Waals surface area contributed by atoms with Crippen molar-refractivity contribution in [1.29, 1.82) is 0 Å². The van der Waals surface area contributed by atoms with Crippen LogP contribution >= 0.6 is 15.9 Å². The van der Waals surface area contributed by atoms with Crippen molar-refractivity contribution < 1.29 is 9.47 Å². The fourth-order valence-electron chi connectivity index (χ4n) is 1.60. The molecule has 0 atom stereocenters. The molecule has 0 aliphatic rings. The summed E-state index contributed by atoms with van der Waals surface area (Å²) in [6.45, 7) is 3.41. The average Bonchev–Trinajstić information content (AvgIpc) is 2.46. The van der Waals surface area contributed by atoms with Gasteiger partial charge in [0.1, 0.15) is 18.1 Å². The van der Waals surface area contributed by atoms with Gasteiger partial charge in [0.15, 0.2) is 0 Å². The lowest BCUT2D eigenvalue weighted by atomic mass is 10.2. The fourth-order valence-corrected chi connectivity index (χ4v) is 1.86. The minimum atomic E-state index is 0.572. The molecule has 2 rings (SSSR count). The van der Waals surface area contributed by atoms with E-state index < -0.39 is 0 Å². The van der Waals surface area contributed by atoms with Crippen LogP contribution in [0.25, 0.3) is 0 Å². The maximum absolute atomic E-state index is 5.72. The second kappa shape index (κ2) is 7.19. The number of ether oxygens (including phenoxy) is 2. The van der Waals surface area contributed by atoms with Gasteiger partial charge in [-0.2, -0.15) is 0 Å². The maximum atomic E-state index is 5.72. The molecule has 2 aromatic carbocycles. The van der Waals surface area contributed by atoms with Crippen LogP contribution in [-0.2, 0) is 6.61 Å². The van der Waals surface area contributed by atoms with E-state index in [0.29, 0.717) is 6.61 Å². The van der Waals surface area contributed by atoms with Gasteiger partial charge in [0.2, 0.25) is 0 Å². The van der Waals surface area contributed by atoms with Gasteiger partial charge in [-0.25, -0.2) is 0 Å². The van der Waals surface area contributed by atoms with E-state index in [1.165, 1.54) is 0 Å². The molecule has 0 aliphatic carbocycles. The van der Waals surface area contributed by atoms with Gasteiger partial charge in [-0.05, 0) is 48.4 Å². The Morgan fingerprint density at radius 2 is 1.42 bits per heavy atom. The maximum Gasteiger partial charge on any atom is 0.120 e. The van der Waals surface area contributed by atoms with Crippen molar-refractivity contribution in [2.45, 2.75) is 20.0 Å². The van der Waals surface area contributed by atoms with Crippen molar-refractivity contribution >= 4 is 15.9 Å². The van der Waals surface area contributed by atoms with E-state index in [-0.39, 0.29) is 0 Å². The lowest BCUT2D eigenvalue weighted by Gasteiger charge is -2.08. The number of hydrogen-bond donors (Lipinski definition) is 0. The molecule has 0 heterocycles. The first-order valence-electron chi connectivity index (χ1n) is 6.38. The minimum Gasteiger partial charge on any atom is -0.494 e. The second-order valence-corrected chi connectivity index (χ2v) is 5.15. The van der Waals surface area contributed by atoms with Gasteiger partial charge in [-0.15, -0.1) is 0 Å².